The molecule has 1 aromatic carbocycles. The largest absolute Gasteiger partial charge is 0.496 e. The predicted molar refractivity (Wildman–Crippen MR) is 143 cm³/mol. The van der Waals surface area contributed by atoms with Gasteiger partial charge in [0.25, 0.3) is 5.92 Å². The van der Waals surface area contributed by atoms with Gasteiger partial charge < -0.3 is 4.74 Å². The molecule has 6 atom stereocenters. The van der Waals surface area contributed by atoms with Crippen LogP contribution < -0.4 is 4.74 Å². The quantitative estimate of drug-likeness (QED) is 0.340. The number of rotatable bonds is 8. The van der Waals surface area contributed by atoms with Gasteiger partial charge in [0.1, 0.15) is 11.4 Å². The van der Waals surface area contributed by atoms with Gasteiger partial charge in [0.05, 0.1) is 19.3 Å². The van der Waals surface area contributed by atoms with Gasteiger partial charge in [-0.1, -0.05) is 46.8 Å². The van der Waals surface area contributed by atoms with Gasteiger partial charge in [0.15, 0.2) is 0 Å². The molecule has 0 saturated heterocycles. The van der Waals surface area contributed by atoms with Crippen LogP contribution in [-0.2, 0) is 12.5 Å². The van der Waals surface area contributed by atoms with Crippen molar-refractivity contribution in [3.8, 4) is 5.75 Å². The van der Waals surface area contributed by atoms with Gasteiger partial charge in [-0.2, -0.15) is 13.9 Å². The van der Waals surface area contributed by atoms with E-state index in [1.54, 1.807) is 11.8 Å². The van der Waals surface area contributed by atoms with Gasteiger partial charge in [0, 0.05) is 24.0 Å². The summed E-state index contributed by atoms with van der Waals surface area (Å²) in [5, 5.41) is 5.83. The molecule has 1 fully saturated rings. The summed E-state index contributed by atoms with van der Waals surface area (Å²) in [5.74, 6) is -0.201. The molecule has 4 rings (SSSR count). The maximum atomic E-state index is 14.9. The number of ether oxygens (including phenoxy) is 1. The molecule has 4 unspecified atom stereocenters. The molecule has 0 radical (unpaired) electrons. The molecule has 1 saturated carbocycles. The second-order valence-corrected chi connectivity index (χ2v) is 11.9. The van der Waals surface area contributed by atoms with Crippen LogP contribution in [-0.4, -0.2) is 22.2 Å². The van der Waals surface area contributed by atoms with Crippen LogP contribution in [0.25, 0.3) is 0 Å². The Labute approximate surface area is 211 Å². The molecule has 2 aliphatic rings. The smallest absolute Gasteiger partial charge is 0.286 e. The summed E-state index contributed by atoms with van der Waals surface area (Å²) in [7, 11) is 5.71. The number of hydrogen-bond donors (Lipinski definition) is 0. The van der Waals surface area contributed by atoms with Crippen LogP contribution in [0.4, 0.5) is 8.78 Å². The normalized spacial score (nSPS) is 27.2. The molecule has 1 aromatic heterocycles. The van der Waals surface area contributed by atoms with E-state index >= 15 is 0 Å². The van der Waals surface area contributed by atoms with Gasteiger partial charge >= 0.3 is 0 Å². The Morgan fingerprint density at radius 3 is 2.57 bits per heavy atom. The molecule has 2 aromatic rings. The zero-order chi connectivity index (χ0) is 25.7. The van der Waals surface area contributed by atoms with Crippen molar-refractivity contribution in [1.82, 2.24) is 9.78 Å². The van der Waals surface area contributed by atoms with Crippen LogP contribution in [0, 0.1) is 11.8 Å². The van der Waals surface area contributed by atoms with Crippen LogP contribution in [0.5, 0.6) is 5.75 Å². The van der Waals surface area contributed by atoms with Crippen LogP contribution in [0.1, 0.15) is 119 Å². The number of halogens is 2. The van der Waals surface area contributed by atoms with Gasteiger partial charge in [-0.3, -0.25) is 4.68 Å². The average Bonchev–Trinajstić information content (AvgIpc) is 3.45. The highest BCUT2D eigenvalue weighted by Crippen LogP contribution is 2.50. The van der Waals surface area contributed by atoms with Crippen LogP contribution >= 0.6 is 8.86 Å². The number of alkyl halides is 2. The summed E-state index contributed by atoms with van der Waals surface area (Å²) in [6.07, 6.45) is 4.07. The number of hydrogen-bond acceptors (Lipinski definition) is 2. The van der Waals surface area contributed by atoms with E-state index in [9.17, 15) is 8.78 Å². The standard InChI is InChI=1S/C29H41F2N2OP/c1-8-16(2)25-21(10-9-11-22(25)34-7)24-17(3)12-13-20(24)23(35)15-33-28(29(6,30)31)26-18(4)14-19(5)27(26)32-33/h9-11,16-20,24,35H,8,12-15H2,1-7H3/t16?,17-,18+,19?,20?,24?/m1/s1. The van der Waals surface area contributed by atoms with E-state index in [1.165, 1.54) is 11.1 Å². The van der Waals surface area contributed by atoms with Crippen molar-refractivity contribution in [2.45, 2.75) is 103 Å². The van der Waals surface area contributed by atoms with E-state index in [4.69, 9.17) is 9.84 Å². The Bertz CT molecular complexity index is 1090. The zero-order valence-electron chi connectivity index (χ0n) is 22.3. The highest BCUT2D eigenvalue weighted by atomic mass is 31.0. The van der Waals surface area contributed by atoms with Crippen LogP contribution in [0.3, 0.4) is 0 Å². The molecule has 2 aliphatic carbocycles. The number of aromatic nitrogens is 2. The maximum Gasteiger partial charge on any atom is 0.286 e. The van der Waals surface area contributed by atoms with E-state index in [-0.39, 0.29) is 23.4 Å². The van der Waals surface area contributed by atoms with E-state index in [0.717, 1.165) is 54.9 Å². The van der Waals surface area contributed by atoms with Crippen molar-refractivity contribution < 1.29 is 13.5 Å². The van der Waals surface area contributed by atoms with Gasteiger partial charge in [-0.15, -0.1) is 8.86 Å². The lowest BCUT2D eigenvalue weighted by Gasteiger charge is -2.30. The summed E-state index contributed by atoms with van der Waals surface area (Å²) >= 11 is 0. The Balaban J connectivity index is 1.71. The summed E-state index contributed by atoms with van der Waals surface area (Å²) in [5.41, 5.74) is 4.37. The highest BCUT2D eigenvalue weighted by Gasteiger charge is 2.43. The molecule has 1 heterocycles. The maximum absolute atomic E-state index is 14.9. The minimum atomic E-state index is -2.93. The number of benzene rings is 1. The number of nitrogens with zero attached hydrogens (tertiary/aromatic N) is 2. The molecule has 0 N–H and O–H groups in total. The molecular formula is C29H41F2N2OP. The predicted octanol–water partition coefficient (Wildman–Crippen LogP) is 8.27. The second kappa shape index (κ2) is 9.96. The molecule has 35 heavy (non-hydrogen) atoms. The Morgan fingerprint density at radius 1 is 1.23 bits per heavy atom. The fourth-order valence-corrected chi connectivity index (χ4v) is 7.31. The Hall–Kier alpha value is -1.74. The topological polar surface area (TPSA) is 27.1 Å². The molecule has 0 bridgehead atoms. The first kappa shape index (κ1) is 26.3. The third-order valence-electron chi connectivity index (χ3n) is 8.63. The van der Waals surface area contributed by atoms with E-state index in [0.29, 0.717) is 24.3 Å². The minimum absolute atomic E-state index is 0.101. The van der Waals surface area contributed by atoms with Crippen molar-refractivity contribution in [2.75, 3.05) is 7.11 Å². The van der Waals surface area contributed by atoms with Crippen LogP contribution in [0.15, 0.2) is 18.2 Å². The molecule has 6 heteroatoms. The second-order valence-electron chi connectivity index (χ2n) is 11.2. The zero-order valence-corrected chi connectivity index (χ0v) is 23.3. The third-order valence-corrected chi connectivity index (χ3v) is 9.16. The van der Waals surface area contributed by atoms with E-state index in [2.05, 4.69) is 61.7 Å². The SMILES string of the molecule is CCC(C)c1c(OC)cccc1C1C(C(=P)Cn2nc3c(c2C(C)(F)F)[C@@H](C)CC3C)CC[C@H]1C. The first-order chi connectivity index (χ1) is 16.5. The highest BCUT2D eigenvalue weighted by molar-refractivity contribution is 7.21. The molecule has 0 aliphatic heterocycles. The summed E-state index contributed by atoms with van der Waals surface area (Å²) in [6.45, 7) is 12.3. The molecule has 0 amide bonds. The van der Waals surface area contributed by atoms with Crippen molar-refractivity contribution in [3.63, 3.8) is 0 Å². The summed E-state index contributed by atoms with van der Waals surface area (Å²) < 4.78 is 37.2. The Morgan fingerprint density at radius 2 is 1.94 bits per heavy atom. The lowest BCUT2D eigenvalue weighted by molar-refractivity contribution is 0.00721. The van der Waals surface area contributed by atoms with Gasteiger partial charge in [0.2, 0.25) is 0 Å². The van der Waals surface area contributed by atoms with Gasteiger partial charge in [-0.05, 0) is 72.2 Å². The monoisotopic (exact) mass is 502 g/mol. The number of fused-ring (bicyclic) bond motifs is 1. The first-order valence-corrected chi connectivity index (χ1v) is 13.7. The first-order valence-electron chi connectivity index (χ1n) is 13.2. The Kier molecular flexibility index (Phi) is 7.49. The lowest BCUT2D eigenvalue weighted by atomic mass is 9.77. The summed E-state index contributed by atoms with van der Waals surface area (Å²) in [4.78, 5) is 0. The molecular weight excluding hydrogens is 461 g/mol. The van der Waals surface area contributed by atoms with Crippen molar-refractivity contribution in [1.29, 1.82) is 0 Å². The number of methoxy groups -OCH3 is 1. The molecule has 192 valence electrons. The summed E-state index contributed by atoms with van der Waals surface area (Å²) in [6, 6.07) is 6.40. The van der Waals surface area contributed by atoms with Gasteiger partial charge in [-0.25, -0.2) is 0 Å². The van der Waals surface area contributed by atoms with Crippen molar-refractivity contribution in [3.05, 3.63) is 46.3 Å². The minimum Gasteiger partial charge on any atom is -0.496 e. The molecule has 0 spiro atoms. The van der Waals surface area contributed by atoms with Crippen LogP contribution in [0.2, 0.25) is 0 Å². The fourth-order valence-electron chi connectivity index (χ4n) is 6.83. The third kappa shape index (κ3) is 4.70. The van der Waals surface area contributed by atoms with Crippen molar-refractivity contribution in [2.24, 2.45) is 11.8 Å². The lowest BCUT2D eigenvalue weighted by Crippen LogP contribution is -2.27. The van der Waals surface area contributed by atoms with E-state index < -0.39 is 5.92 Å². The average molecular weight is 503 g/mol. The van der Waals surface area contributed by atoms with Crippen molar-refractivity contribution >= 4 is 14.2 Å². The molecule has 3 nitrogen and oxygen atoms in total. The van der Waals surface area contributed by atoms with E-state index in [1.807, 2.05) is 0 Å². The fraction of sp³-hybridized carbons (Fsp3) is 0.655.